The first-order valence-electron chi connectivity index (χ1n) is 9.65. The second-order valence-corrected chi connectivity index (χ2v) is 7.26. The van der Waals surface area contributed by atoms with Crippen molar-refractivity contribution in [2.75, 3.05) is 37.7 Å². The molecule has 3 heterocycles. The molecule has 1 fully saturated rings. The minimum absolute atomic E-state index is 0.0942. The normalized spacial score (nSPS) is 15.2. The Morgan fingerprint density at radius 2 is 1.90 bits per heavy atom. The maximum atomic E-state index is 12.4. The summed E-state index contributed by atoms with van der Waals surface area (Å²) < 4.78 is 2.75. The highest BCUT2D eigenvalue weighted by Gasteiger charge is 2.18. The molecule has 0 radical (unpaired) electrons. The maximum absolute atomic E-state index is 12.4. The SMILES string of the molecule is Cn1ncc(CN2CCN(c3ccc4c(=O)n(CCO)cnc4c3)CC2)cc1=O. The number of aryl methyl sites for hydroxylation is 1. The van der Waals surface area contributed by atoms with Crippen LogP contribution in [0.3, 0.4) is 0 Å². The summed E-state index contributed by atoms with van der Waals surface area (Å²) in [6, 6.07) is 7.35. The van der Waals surface area contributed by atoms with Gasteiger partial charge in [-0.1, -0.05) is 0 Å². The molecule has 1 aliphatic rings. The average molecular weight is 396 g/mol. The topological polar surface area (TPSA) is 96.5 Å². The molecule has 9 nitrogen and oxygen atoms in total. The van der Waals surface area contributed by atoms with E-state index in [2.05, 4.69) is 19.9 Å². The van der Waals surface area contributed by atoms with Gasteiger partial charge in [-0.05, 0) is 23.8 Å². The van der Waals surface area contributed by atoms with E-state index in [1.54, 1.807) is 19.3 Å². The molecule has 1 aliphatic heterocycles. The molecule has 152 valence electrons. The fraction of sp³-hybridized carbons (Fsp3) is 0.400. The Hall–Kier alpha value is -3.04. The van der Waals surface area contributed by atoms with E-state index in [0.717, 1.165) is 37.4 Å². The number of nitrogens with zero attached hydrogens (tertiary/aromatic N) is 6. The van der Waals surface area contributed by atoms with Crippen molar-refractivity contribution in [1.82, 2.24) is 24.2 Å². The number of aliphatic hydroxyl groups is 1. The standard InChI is InChI=1S/C20H24N6O3/c1-23-19(28)10-15(12-22-23)13-24-4-6-25(7-5-24)16-2-3-17-18(11-16)21-14-26(8-9-27)20(17)29/h2-3,10-12,14,27H,4-9,13H2,1H3. The van der Waals surface area contributed by atoms with E-state index in [9.17, 15) is 9.59 Å². The van der Waals surface area contributed by atoms with Crippen molar-refractivity contribution in [2.24, 2.45) is 7.05 Å². The van der Waals surface area contributed by atoms with Crippen LogP contribution in [0.2, 0.25) is 0 Å². The molecule has 0 aliphatic carbocycles. The van der Waals surface area contributed by atoms with Crippen LogP contribution in [-0.4, -0.2) is 62.1 Å². The summed E-state index contributed by atoms with van der Waals surface area (Å²) in [5.41, 5.74) is 2.40. The zero-order valence-corrected chi connectivity index (χ0v) is 16.4. The van der Waals surface area contributed by atoms with Gasteiger partial charge in [0.2, 0.25) is 0 Å². The Kier molecular flexibility index (Phi) is 5.41. The van der Waals surface area contributed by atoms with Crippen molar-refractivity contribution in [2.45, 2.75) is 13.1 Å². The number of fused-ring (bicyclic) bond motifs is 1. The minimum atomic E-state index is -0.136. The van der Waals surface area contributed by atoms with Crippen LogP contribution in [-0.2, 0) is 20.1 Å². The molecule has 3 aromatic rings. The van der Waals surface area contributed by atoms with Crippen molar-refractivity contribution in [3.05, 3.63) is 63.1 Å². The summed E-state index contributed by atoms with van der Waals surface area (Å²) in [5, 5.41) is 13.7. The molecule has 1 aromatic carbocycles. The number of piperazine rings is 1. The number of aliphatic hydroxyl groups excluding tert-OH is 1. The number of aromatic nitrogens is 4. The van der Waals surface area contributed by atoms with Crippen LogP contribution in [0.5, 0.6) is 0 Å². The molecule has 29 heavy (non-hydrogen) atoms. The van der Waals surface area contributed by atoms with Gasteiger partial charge < -0.3 is 10.0 Å². The smallest absolute Gasteiger partial charge is 0.266 e. The molecule has 1 N–H and O–H groups in total. The highest BCUT2D eigenvalue weighted by Crippen LogP contribution is 2.21. The molecule has 0 atom stereocenters. The molecule has 0 saturated carbocycles. The summed E-state index contributed by atoms with van der Waals surface area (Å²) in [6.45, 7) is 4.31. The predicted octanol–water partition coefficient (Wildman–Crippen LogP) is -0.195. The van der Waals surface area contributed by atoms with Gasteiger partial charge in [0.25, 0.3) is 11.1 Å². The largest absolute Gasteiger partial charge is 0.395 e. The summed E-state index contributed by atoms with van der Waals surface area (Å²) in [4.78, 5) is 33.1. The highest BCUT2D eigenvalue weighted by molar-refractivity contribution is 5.81. The maximum Gasteiger partial charge on any atom is 0.266 e. The van der Waals surface area contributed by atoms with Crippen LogP contribution < -0.4 is 16.0 Å². The van der Waals surface area contributed by atoms with E-state index in [-0.39, 0.29) is 24.3 Å². The molecule has 0 unspecified atom stereocenters. The number of rotatable bonds is 5. The Labute approximate surface area is 167 Å². The van der Waals surface area contributed by atoms with Crippen molar-refractivity contribution in [3.63, 3.8) is 0 Å². The fourth-order valence-electron chi connectivity index (χ4n) is 3.63. The first-order chi connectivity index (χ1) is 14.0. The van der Waals surface area contributed by atoms with Crippen molar-refractivity contribution < 1.29 is 5.11 Å². The molecule has 0 amide bonds. The van der Waals surface area contributed by atoms with Crippen LogP contribution in [0.1, 0.15) is 5.56 Å². The van der Waals surface area contributed by atoms with Gasteiger partial charge in [0, 0.05) is 51.5 Å². The van der Waals surface area contributed by atoms with Gasteiger partial charge in [-0.15, -0.1) is 0 Å². The van der Waals surface area contributed by atoms with E-state index in [1.807, 2.05) is 18.2 Å². The Morgan fingerprint density at radius 3 is 2.62 bits per heavy atom. The lowest BCUT2D eigenvalue weighted by atomic mass is 10.2. The molecule has 1 saturated heterocycles. The third-order valence-corrected chi connectivity index (χ3v) is 5.32. The monoisotopic (exact) mass is 396 g/mol. The average Bonchev–Trinajstić information content (AvgIpc) is 2.73. The van der Waals surface area contributed by atoms with Gasteiger partial charge in [-0.2, -0.15) is 5.10 Å². The second-order valence-electron chi connectivity index (χ2n) is 7.26. The lowest BCUT2D eigenvalue weighted by molar-refractivity contribution is 0.249. The number of hydrogen-bond donors (Lipinski definition) is 1. The number of anilines is 1. The van der Waals surface area contributed by atoms with Gasteiger partial charge in [0.1, 0.15) is 0 Å². The van der Waals surface area contributed by atoms with E-state index in [1.165, 1.54) is 15.6 Å². The highest BCUT2D eigenvalue weighted by atomic mass is 16.3. The lowest BCUT2D eigenvalue weighted by Crippen LogP contribution is -2.46. The van der Waals surface area contributed by atoms with Crippen molar-refractivity contribution in [1.29, 1.82) is 0 Å². The van der Waals surface area contributed by atoms with Crippen LogP contribution in [0.25, 0.3) is 10.9 Å². The van der Waals surface area contributed by atoms with Crippen LogP contribution >= 0.6 is 0 Å². The summed E-state index contributed by atoms with van der Waals surface area (Å²) >= 11 is 0. The molecule has 4 rings (SSSR count). The summed E-state index contributed by atoms with van der Waals surface area (Å²) in [7, 11) is 1.64. The number of benzene rings is 1. The Bertz CT molecular complexity index is 1130. The molecule has 2 aromatic heterocycles. The zero-order valence-electron chi connectivity index (χ0n) is 16.4. The first kappa shape index (κ1) is 19.3. The summed E-state index contributed by atoms with van der Waals surface area (Å²) in [5.74, 6) is 0. The van der Waals surface area contributed by atoms with Gasteiger partial charge in [0.15, 0.2) is 0 Å². The summed E-state index contributed by atoms with van der Waals surface area (Å²) in [6.07, 6.45) is 3.23. The molecular formula is C20H24N6O3. The van der Waals surface area contributed by atoms with E-state index in [0.29, 0.717) is 17.4 Å². The minimum Gasteiger partial charge on any atom is -0.395 e. The second kappa shape index (κ2) is 8.14. The first-order valence-corrected chi connectivity index (χ1v) is 9.65. The van der Waals surface area contributed by atoms with Crippen LogP contribution in [0.4, 0.5) is 5.69 Å². The third kappa shape index (κ3) is 4.06. The van der Waals surface area contributed by atoms with Crippen LogP contribution in [0, 0.1) is 0 Å². The lowest BCUT2D eigenvalue weighted by Gasteiger charge is -2.36. The quantitative estimate of drug-likeness (QED) is 0.638. The van der Waals surface area contributed by atoms with Gasteiger partial charge in [-0.3, -0.25) is 19.1 Å². The molecule has 9 heteroatoms. The van der Waals surface area contributed by atoms with Crippen LogP contribution in [0.15, 0.2) is 46.4 Å². The Balaban J connectivity index is 1.44. The fourth-order valence-corrected chi connectivity index (χ4v) is 3.63. The number of hydrogen-bond acceptors (Lipinski definition) is 7. The van der Waals surface area contributed by atoms with Crippen molar-refractivity contribution in [3.8, 4) is 0 Å². The molecule has 0 spiro atoms. The van der Waals surface area contributed by atoms with E-state index in [4.69, 9.17) is 5.11 Å². The van der Waals surface area contributed by atoms with E-state index < -0.39 is 0 Å². The van der Waals surface area contributed by atoms with Gasteiger partial charge in [-0.25, -0.2) is 9.67 Å². The Morgan fingerprint density at radius 1 is 1.10 bits per heavy atom. The zero-order chi connectivity index (χ0) is 20.4. The molecular weight excluding hydrogens is 372 g/mol. The third-order valence-electron chi connectivity index (χ3n) is 5.32. The predicted molar refractivity (Wildman–Crippen MR) is 110 cm³/mol. The van der Waals surface area contributed by atoms with Gasteiger partial charge >= 0.3 is 0 Å². The van der Waals surface area contributed by atoms with Crippen molar-refractivity contribution >= 4 is 16.6 Å². The van der Waals surface area contributed by atoms with E-state index >= 15 is 0 Å². The molecule has 0 bridgehead atoms. The van der Waals surface area contributed by atoms with Gasteiger partial charge in [0.05, 0.1) is 36.6 Å².